The number of aromatic nitrogens is 4. The zero-order chi connectivity index (χ0) is 32.1. The van der Waals surface area contributed by atoms with Crippen molar-refractivity contribution < 1.29 is 36.3 Å². The summed E-state index contributed by atoms with van der Waals surface area (Å²) in [7, 11) is 0. The lowest BCUT2D eigenvalue weighted by molar-refractivity contribution is -0.143. The van der Waals surface area contributed by atoms with Gasteiger partial charge in [-0.1, -0.05) is 12.6 Å². The van der Waals surface area contributed by atoms with Crippen molar-refractivity contribution in [1.29, 1.82) is 0 Å². The van der Waals surface area contributed by atoms with Crippen LogP contribution in [0.1, 0.15) is 16.1 Å². The highest BCUT2D eigenvalue weighted by atomic mass is 19.4. The zero-order valence-corrected chi connectivity index (χ0v) is 22.8. The molecule has 0 aliphatic heterocycles. The summed E-state index contributed by atoms with van der Waals surface area (Å²) in [5.41, 5.74) is -1.50. The summed E-state index contributed by atoms with van der Waals surface area (Å²) in [5, 5.41) is 11.4. The normalized spacial score (nSPS) is 11.0. The van der Waals surface area contributed by atoms with Crippen LogP contribution in [0.3, 0.4) is 0 Å². The molecule has 3 N–H and O–H groups in total. The molecule has 0 saturated heterocycles. The number of hydrogen-bond acceptors (Lipinski definition) is 7. The van der Waals surface area contributed by atoms with Crippen LogP contribution in [0, 0.1) is 11.6 Å². The van der Waals surface area contributed by atoms with E-state index in [1.54, 1.807) is 24.3 Å². The van der Waals surface area contributed by atoms with Crippen LogP contribution in [0.25, 0.3) is 5.69 Å². The van der Waals surface area contributed by atoms with E-state index in [1.807, 2.05) is 0 Å². The lowest BCUT2D eigenvalue weighted by Crippen LogP contribution is -2.20. The summed E-state index contributed by atoms with van der Waals surface area (Å²) >= 11 is 0. The van der Waals surface area contributed by atoms with E-state index in [0.29, 0.717) is 22.3 Å². The molecule has 0 unspecified atom stereocenters. The molecule has 5 aromatic rings. The number of hydrogen-bond donors (Lipinski definition) is 3. The summed E-state index contributed by atoms with van der Waals surface area (Å²) in [6.45, 7) is 3.39. The zero-order valence-electron chi connectivity index (χ0n) is 22.8. The van der Waals surface area contributed by atoms with Crippen molar-refractivity contribution in [2.75, 3.05) is 16.0 Å². The number of benzene rings is 3. The van der Waals surface area contributed by atoms with Gasteiger partial charge in [0.2, 0.25) is 17.7 Å². The van der Waals surface area contributed by atoms with Gasteiger partial charge in [-0.15, -0.1) is 0 Å². The molecule has 10 nitrogen and oxygen atoms in total. The van der Waals surface area contributed by atoms with Crippen molar-refractivity contribution >= 4 is 34.8 Å². The second-order valence-corrected chi connectivity index (χ2v) is 9.11. The minimum absolute atomic E-state index is 0.0534. The number of ether oxygens (including phenoxy) is 1. The maximum Gasteiger partial charge on any atom is 0.434 e. The van der Waals surface area contributed by atoms with Crippen molar-refractivity contribution in [2.24, 2.45) is 0 Å². The predicted molar refractivity (Wildman–Crippen MR) is 154 cm³/mol. The number of carbonyl (C=O) groups is 2. The molecule has 2 amide bonds. The summed E-state index contributed by atoms with van der Waals surface area (Å²) in [5.74, 6) is -3.48. The van der Waals surface area contributed by atoms with Crippen LogP contribution in [0.15, 0.2) is 97.8 Å². The molecule has 0 bridgehead atoms. The smallest absolute Gasteiger partial charge is 0.434 e. The molecular weight excluding hydrogens is 601 g/mol. The van der Waals surface area contributed by atoms with Crippen LogP contribution in [0.4, 0.5) is 45.0 Å². The summed E-state index contributed by atoms with van der Waals surface area (Å²) < 4.78 is 76.0. The Balaban J connectivity index is 1.29. The molecule has 0 fully saturated rings. The third-order valence-corrected chi connectivity index (χ3v) is 5.96. The van der Waals surface area contributed by atoms with Gasteiger partial charge >= 0.3 is 6.18 Å². The van der Waals surface area contributed by atoms with Gasteiger partial charge in [0.05, 0.1) is 17.4 Å². The van der Waals surface area contributed by atoms with E-state index >= 15 is 0 Å². The van der Waals surface area contributed by atoms with Gasteiger partial charge in [-0.2, -0.15) is 23.3 Å². The van der Waals surface area contributed by atoms with Gasteiger partial charge in [0.25, 0.3) is 5.91 Å². The predicted octanol–water partition coefficient (Wildman–Crippen LogP) is 6.87. The molecule has 0 radical (unpaired) electrons. The van der Waals surface area contributed by atoms with E-state index in [4.69, 9.17) is 4.74 Å². The minimum Gasteiger partial charge on any atom is -0.436 e. The molecule has 0 spiro atoms. The molecule has 15 heteroatoms. The Bertz CT molecular complexity index is 1890. The Labute approximate surface area is 251 Å². The summed E-state index contributed by atoms with van der Waals surface area (Å²) in [6.07, 6.45) is -1.82. The molecule has 0 atom stereocenters. The highest BCUT2D eigenvalue weighted by Gasteiger charge is 2.40. The Hall–Kier alpha value is -6.12. The maximum absolute atomic E-state index is 14.9. The van der Waals surface area contributed by atoms with Gasteiger partial charge < -0.3 is 20.7 Å². The third kappa shape index (κ3) is 7.27. The quantitative estimate of drug-likeness (QED) is 0.121. The fraction of sp³-hybridized carbons (Fsp3) is 0.0333. The monoisotopic (exact) mass is 621 g/mol. The van der Waals surface area contributed by atoms with Crippen LogP contribution in [0.2, 0.25) is 0 Å². The fourth-order valence-electron chi connectivity index (χ4n) is 3.99. The van der Waals surface area contributed by atoms with Crippen LogP contribution in [0.5, 0.6) is 11.6 Å². The average molecular weight is 622 g/mol. The summed E-state index contributed by atoms with van der Waals surface area (Å²) in [6, 6.07) is 15.3. The Morgan fingerprint density at radius 1 is 0.911 bits per heavy atom. The van der Waals surface area contributed by atoms with E-state index in [2.05, 4.69) is 37.6 Å². The topological polar surface area (TPSA) is 123 Å². The number of amides is 2. The number of nitrogens with zero attached hydrogens (tertiary/aromatic N) is 4. The van der Waals surface area contributed by atoms with Crippen LogP contribution in [-0.2, 0) is 11.0 Å². The first kappa shape index (κ1) is 30.3. The molecule has 3 aromatic carbocycles. The standard InChI is InChI=1S/C30H20F5N7O3/c1-2-25(43)38-18-4-3-5-19(14-18)40-29-36-13-12-26(41-29)45-24-11-8-20(15-23(24)32)39-28(44)22-16-37-42(27(22)30(33,34)35)21-9-6-17(31)7-10-21/h2-16H,1H2,(H,38,43)(H,39,44)(H,36,40,41). The maximum atomic E-state index is 14.9. The second kappa shape index (κ2) is 12.6. The lowest BCUT2D eigenvalue weighted by atomic mass is 10.2. The lowest BCUT2D eigenvalue weighted by Gasteiger charge is -2.13. The number of alkyl halides is 3. The molecule has 2 heterocycles. The van der Waals surface area contributed by atoms with E-state index in [1.165, 1.54) is 18.3 Å². The van der Waals surface area contributed by atoms with Crippen LogP contribution >= 0.6 is 0 Å². The molecular formula is C30H20F5N7O3. The SMILES string of the molecule is C=CC(=O)Nc1cccc(Nc2nccc(Oc3ccc(NC(=O)c4cnn(-c5ccc(F)cc5)c4C(F)(F)F)cc3F)n2)c1. The highest BCUT2D eigenvalue weighted by Crippen LogP contribution is 2.34. The molecule has 0 saturated carbocycles. The van der Waals surface area contributed by atoms with Crippen LogP contribution < -0.4 is 20.7 Å². The van der Waals surface area contributed by atoms with E-state index in [-0.39, 0.29) is 29.0 Å². The average Bonchev–Trinajstić information content (AvgIpc) is 3.46. The molecule has 0 aliphatic carbocycles. The van der Waals surface area contributed by atoms with E-state index in [0.717, 1.165) is 42.5 Å². The second-order valence-electron chi connectivity index (χ2n) is 9.11. The number of nitrogens with one attached hydrogen (secondary N) is 3. The third-order valence-electron chi connectivity index (χ3n) is 5.96. The van der Waals surface area contributed by atoms with Gasteiger partial charge in [-0.25, -0.2) is 18.4 Å². The molecule has 2 aromatic heterocycles. The van der Waals surface area contributed by atoms with E-state index in [9.17, 15) is 31.5 Å². The van der Waals surface area contributed by atoms with Crippen molar-refractivity contribution in [3.8, 4) is 17.3 Å². The molecule has 0 aliphatic rings. The Kier molecular flexibility index (Phi) is 8.51. The molecule has 228 valence electrons. The van der Waals surface area contributed by atoms with Crippen molar-refractivity contribution in [2.45, 2.75) is 6.18 Å². The van der Waals surface area contributed by atoms with Gasteiger partial charge in [-0.05, 0) is 60.7 Å². The van der Waals surface area contributed by atoms with Crippen LogP contribution in [-0.4, -0.2) is 31.6 Å². The number of rotatable bonds is 9. The molecule has 5 rings (SSSR count). The van der Waals surface area contributed by atoms with Crippen molar-refractivity contribution in [1.82, 2.24) is 19.7 Å². The number of anilines is 4. The summed E-state index contributed by atoms with van der Waals surface area (Å²) in [4.78, 5) is 32.6. The minimum atomic E-state index is -5.00. The van der Waals surface area contributed by atoms with Gasteiger partial charge in [0, 0.05) is 35.4 Å². The Morgan fingerprint density at radius 3 is 2.36 bits per heavy atom. The van der Waals surface area contributed by atoms with Gasteiger partial charge in [0.1, 0.15) is 5.82 Å². The first-order chi connectivity index (χ1) is 21.5. The van der Waals surface area contributed by atoms with Gasteiger partial charge in [0.15, 0.2) is 17.3 Å². The molecule has 45 heavy (non-hydrogen) atoms. The number of carbonyl (C=O) groups excluding carboxylic acids is 2. The van der Waals surface area contributed by atoms with Gasteiger partial charge in [-0.3, -0.25) is 9.59 Å². The number of halogens is 5. The first-order valence-corrected chi connectivity index (χ1v) is 12.8. The first-order valence-electron chi connectivity index (χ1n) is 12.8. The highest BCUT2D eigenvalue weighted by molar-refractivity contribution is 6.05. The van der Waals surface area contributed by atoms with Crippen molar-refractivity contribution in [3.05, 3.63) is 121 Å². The largest absolute Gasteiger partial charge is 0.436 e. The van der Waals surface area contributed by atoms with Crippen molar-refractivity contribution in [3.63, 3.8) is 0 Å². The Morgan fingerprint density at radius 2 is 1.64 bits per heavy atom. The van der Waals surface area contributed by atoms with E-state index < -0.39 is 40.9 Å². The fourth-order valence-corrected chi connectivity index (χ4v) is 3.99.